The van der Waals surface area contributed by atoms with Gasteiger partial charge in [0.15, 0.2) is 5.78 Å². The second-order valence-electron chi connectivity index (χ2n) is 10.2. The van der Waals surface area contributed by atoms with Crippen molar-refractivity contribution in [1.29, 1.82) is 0 Å². The molecule has 3 aromatic rings. The zero-order valence-corrected chi connectivity index (χ0v) is 19.9. The van der Waals surface area contributed by atoms with Gasteiger partial charge in [-0.3, -0.25) is 29.4 Å². The van der Waals surface area contributed by atoms with E-state index in [1.54, 1.807) is 24.3 Å². The zero-order chi connectivity index (χ0) is 26.4. The average Bonchev–Trinajstić information content (AvgIpc) is 3.62. The van der Waals surface area contributed by atoms with Crippen LogP contribution in [0, 0.1) is 21.8 Å². The number of para-hydroxylation sites is 1. The molecule has 10 heteroatoms. The Labute approximate surface area is 215 Å². The van der Waals surface area contributed by atoms with E-state index in [4.69, 9.17) is 0 Å². The number of non-ortho nitro benzene ring substituents is 1. The van der Waals surface area contributed by atoms with E-state index in [2.05, 4.69) is 10.6 Å². The van der Waals surface area contributed by atoms with Crippen molar-refractivity contribution in [3.8, 4) is 0 Å². The molecule has 3 aromatic carbocycles. The molecule has 4 atom stereocenters. The minimum atomic E-state index is -1.74. The Bertz CT molecular complexity index is 1610. The fourth-order valence-corrected chi connectivity index (χ4v) is 7.50. The number of Topliss-reactive ketones (excluding diaryl/α,β-unsaturated/α-hetero) is 1. The maximum atomic E-state index is 14.8. The first kappa shape index (κ1) is 22.7. The highest BCUT2D eigenvalue weighted by Crippen LogP contribution is 2.67. The number of benzene rings is 3. The van der Waals surface area contributed by atoms with Gasteiger partial charge < -0.3 is 10.6 Å². The van der Waals surface area contributed by atoms with Crippen LogP contribution in [0.25, 0.3) is 0 Å². The summed E-state index contributed by atoms with van der Waals surface area (Å²) in [5.74, 6) is -3.11. The van der Waals surface area contributed by atoms with Crippen molar-refractivity contribution in [2.75, 3.05) is 17.2 Å². The third kappa shape index (κ3) is 2.50. The van der Waals surface area contributed by atoms with Gasteiger partial charge in [0.2, 0.25) is 5.91 Å². The maximum absolute atomic E-state index is 14.8. The van der Waals surface area contributed by atoms with Crippen LogP contribution >= 0.6 is 0 Å². The van der Waals surface area contributed by atoms with Gasteiger partial charge in [-0.05, 0) is 49.2 Å². The minimum absolute atomic E-state index is 0.0857. The molecule has 0 radical (unpaired) electrons. The molecule has 0 aliphatic carbocycles. The SMILES string of the molecule is O=C(c1cccc([N+](=O)[O-])c1)[C@@H]1[C@@H]2CCCN2[C@]2(C(=O)Nc3ccc(F)cc32)[C@]12C(=O)Nc1ccccc12. The predicted molar refractivity (Wildman–Crippen MR) is 134 cm³/mol. The fraction of sp³-hybridized carbons (Fsp3) is 0.250. The number of nitrogens with zero attached hydrogens (tertiary/aromatic N) is 2. The normalized spacial score (nSPS) is 28.8. The number of hydrogen-bond donors (Lipinski definition) is 2. The molecule has 190 valence electrons. The second-order valence-corrected chi connectivity index (χ2v) is 10.2. The van der Waals surface area contributed by atoms with Crippen molar-refractivity contribution >= 4 is 34.7 Å². The maximum Gasteiger partial charge on any atom is 0.270 e. The molecular formula is C28H21FN4O5. The summed E-state index contributed by atoms with van der Waals surface area (Å²) < 4.78 is 14.8. The Morgan fingerprint density at radius 1 is 0.974 bits per heavy atom. The van der Waals surface area contributed by atoms with Crippen molar-refractivity contribution in [3.05, 3.63) is 99.4 Å². The van der Waals surface area contributed by atoms with E-state index < -0.39 is 51.3 Å². The molecule has 2 N–H and O–H groups in total. The Hall–Kier alpha value is -4.44. The summed E-state index contributed by atoms with van der Waals surface area (Å²) in [6, 6.07) is 15.8. The lowest BCUT2D eigenvalue weighted by Crippen LogP contribution is -2.62. The number of nitro groups is 1. The number of anilines is 2. The van der Waals surface area contributed by atoms with Gasteiger partial charge >= 0.3 is 0 Å². The van der Waals surface area contributed by atoms with E-state index in [-0.39, 0.29) is 11.3 Å². The summed E-state index contributed by atoms with van der Waals surface area (Å²) in [4.78, 5) is 55.8. The monoisotopic (exact) mass is 512 g/mol. The molecule has 0 unspecified atom stereocenters. The number of carbonyl (C=O) groups is 3. The van der Waals surface area contributed by atoms with Gasteiger partial charge in [-0.25, -0.2) is 4.39 Å². The lowest BCUT2D eigenvalue weighted by atomic mass is 9.57. The van der Waals surface area contributed by atoms with Gasteiger partial charge in [-0.1, -0.05) is 30.3 Å². The van der Waals surface area contributed by atoms with Gasteiger partial charge in [0, 0.05) is 40.7 Å². The van der Waals surface area contributed by atoms with Crippen molar-refractivity contribution in [2.45, 2.75) is 29.8 Å². The molecule has 38 heavy (non-hydrogen) atoms. The highest BCUT2D eigenvalue weighted by molar-refractivity contribution is 6.21. The fourth-order valence-electron chi connectivity index (χ4n) is 7.50. The topological polar surface area (TPSA) is 122 Å². The lowest BCUT2D eigenvalue weighted by Gasteiger charge is -2.43. The standard InChI is InChI=1S/C28H21FN4O5/c29-16-10-11-21-19(14-16)28(26(36)31-21)27(18-7-1-2-8-20(18)30-25(27)35)23(22-9-4-12-32(22)28)24(34)15-5-3-6-17(13-15)33(37)38/h1-3,5-8,10-11,13-14,22-23H,4,9,12H2,(H,30,35)(H,31,36)/t22-,23-,27-,28+/m0/s1. The number of ketones is 1. The first-order valence-electron chi connectivity index (χ1n) is 12.4. The molecule has 2 spiro atoms. The molecule has 7 rings (SSSR count). The molecule has 2 fully saturated rings. The molecule has 0 aromatic heterocycles. The van der Waals surface area contributed by atoms with E-state index in [0.29, 0.717) is 41.9 Å². The summed E-state index contributed by atoms with van der Waals surface area (Å²) in [7, 11) is 0. The molecule has 2 amide bonds. The molecule has 0 saturated carbocycles. The van der Waals surface area contributed by atoms with Crippen LogP contribution in [-0.4, -0.2) is 40.0 Å². The van der Waals surface area contributed by atoms with Crippen LogP contribution in [0.15, 0.2) is 66.7 Å². The number of fused-ring (bicyclic) bond motifs is 7. The number of hydrogen-bond acceptors (Lipinski definition) is 6. The highest BCUT2D eigenvalue weighted by atomic mass is 19.1. The van der Waals surface area contributed by atoms with Crippen LogP contribution in [0.1, 0.15) is 34.3 Å². The summed E-state index contributed by atoms with van der Waals surface area (Å²) in [6.07, 6.45) is 1.20. The smallest absolute Gasteiger partial charge is 0.270 e. The zero-order valence-electron chi connectivity index (χ0n) is 19.9. The molecule has 4 heterocycles. The quantitative estimate of drug-likeness (QED) is 0.313. The van der Waals surface area contributed by atoms with Crippen LogP contribution in [0.4, 0.5) is 21.5 Å². The largest absolute Gasteiger partial charge is 0.325 e. The summed E-state index contributed by atoms with van der Waals surface area (Å²) in [5, 5.41) is 17.3. The summed E-state index contributed by atoms with van der Waals surface area (Å²) in [6.45, 7) is 0.421. The number of carbonyl (C=O) groups excluding carboxylic acids is 3. The number of nitro benzene ring substituents is 1. The Morgan fingerprint density at radius 3 is 2.55 bits per heavy atom. The van der Waals surface area contributed by atoms with E-state index in [0.717, 1.165) is 0 Å². The van der Waals surface area contributed by atoms with Crippen LogP contribution in [0.2, 0.25) is 0 Å². The molecule has 4 aliphatic heterocycles. The van der Waals surface area contributed by atoms with Crippen LogP contribution in [0.5, 0.6) is 0 Å². The van der Waals surface area contributed by atoms with Gasteiger partial charge in [0.25, 0.3) is 11.6 Å². The van der Waals surface area contributed by atoms with E-state index >= 15 is 0 Å². The van der Waals surface area contributed by atoms with Crippen LogP contribution in [-0.2, 0) is 20.5 Å². The van der Waals surface area contributed by atoms with E-state index in [1.807, 2.05) is 4.90 Å². The van der Waals surface area contributed by atoms with Crippen molar-refractivity contribution in [2.24, 2.45) is 5.92 Å². The van der Waals surface area contributed by atoms with Crippen molar-refractivity contribution in [3.63, 3.8) is 0 Å². The van der Waals surface area contributed by atoms with Gasteiger partial charge in [-0.15, -0.1) is 0 Å². The summed E-state index contributed by atoms with van der Waals surface area (Å²) >= 11 is 0. The lowest BCUT2D eigenvalue weighted by molar-refractivity contribution is -0.384. The first-order chi connectivity index (χ1) is 18.3. The number of nitrogens with one attached hydrogen (secondary N) is 2. The van der Waals surface area contributed by atoms with Crippen molar-refractivity contribution < 1.29 is 23.7 Å². The Balaban J connectivity index is 1.57. The molecule has 2 saturated heterocycles. The van der Waals surface area contributed by atoms with E-state index in [9.17, 15) is 28.9 Å². The average molecular weight is 512 g/mol. The molecular weight excluding hydrogens is 491 g/mol. The second kappa shape index (κ2) is 7.55. The highest BCUT2D eigenvalue weighted by Gasteiger charge is 2.81. The Kier molecular flexibility index (Phi) is 4.51. The van der Waals surface area contributed by atoms with Crippen LogP contribution in [0.3, 0.4) is 0 Å². The van der Waals surface area contributed by atoms with Gasteiger partial charge in [0.1, 0.15) is 16.8 Å². The predicted octanol–water partition coefficient (Wildman–Crippen LogP) is 3.75. The number of amides is 2. The van der Waals surface area contributed by atoms with Gasteiger partial charge in [0.05, 0.1) is 10.8 Å². The van der Waals surface area contributed by atoms with Crippen molar-refractivity contribution in [1.82, 2.24) is 4.90 Å². The molecule has 0 bridgehead atoms. The Morgan fingerprint density at radius 2 is 1.74 bits per heavy atom. The van der Waals surface area contributed by atoms with Gasteiger partial charge in [-0.2, -0.15) is 0 Å². The molecule has 4 aliphatic rings. The third-order valence-corrected chi connectivity index (χ3v) is 8.68. The summed E-state index contributed by atoms with van der Waals surface area (Å²) in [5.41, 5.74) is -1.92. The number of halogens is 1. The van der Waals surface area contributed by atoms with Crippen LogP contribution < -0.4 is 10.6 Å². The minimum Gasteiger partial charge on any atom is -0.325 e. The third-order valence-electron chi connectivity index (χ3n) is 8.68. The number of rotatable bonds is 3. The molecule has 9 nitrogen and oxygen atoms in total. The van der Waals surface area contributed by atoms with E-state index in [1.165, 1.54) is 42.5 Å². The first-order valence-corrected chi connectivity index (χ1v) is 12.4.